The van der Waals surface area contributed by atoms with Crippen LogP contribution >= 0.6 is 0 Å². The minimum atomic E-state index is -0.913. The van der Waals surface area contributed by atoms with Gasteiger partial charge in [0.1, 0.15) is 18.8 Å². The van der Waals surface area contributed by atoms with E-state index in [0.717, 1.165) is 24.4 Å². The van der Waals surface area contributed by atoms with E-state index in [1.165, 1.54) is 80.2 Å². The van der Waals surface area contributed by atoms with Crippen molar-refractivity contribution in [1.82, 2.24) is 0 Å². The lowest BCUT2D eigenvalue weighted by atomic mass is 9.14. The molecule has 0 saturated heterocycles. The van der Waals surface area contributed by atoms with Crippen LogP contribution in [0, 0.1) is 13.8 Å². The lowest BCUT2D eigenvalue weighted by Crippen LogP contribution is -2.66. The molecule has 61 heavy (non-hydrogen) atoms. The molecule has 6 aromatic rings. The van der Waals surface area contributed by atoms with Crippen molar-refractivity contribution in [3.8, 4) is 5.75 Å². The maximum Gasteiger partial charge on any atom is 0.199 e. The number of unbranched alkanes of at least 4 members (excludes halogenated alkanes) is 1. The first kappa shape index (κ1) is 44.1. The van der Waals surface area contributed by atoms with Crippen molar-refractivity contribution in [1.29, 1.82) is 0 Å². The van der Waals surface area contributed by atoms with Crippen LogP contribution in [0.2, 0.25) is 6.32 Å². The highest BCUT2D eigenvalue weighted by Gasteiger charge is 2.28. The van der Waals surface area contributed by atoms with E-state index in [1.54, 1.807) is 7.11 Å². The fourth-order valence-corrected chi connectivity index (χ4v) is 8.57. The standard InChI is InChI=1S/C36H38NO.C22H24B/c1-6-37(7-2)33-23-19-31(20-24-33)36(32-21-25-34(38-5)26-22-32)10-8-9-35(29-15-11-27(3)12-16-29)30-17-13-28(4)14-18-30;1-2-3-19-23(20-13-7-4-8-14-20,21-15-9-5-10-16-21)22-17-11-6-12-18-22/h8-26H,6-7H2,1-5H3;4-18H,2-3,19H2,1H3/q+1;-1. The number of aryl methyl sites for hydroxylation is 2. The van der Waals surface area contributed by atoms with Crippen molar-refractivity contribution in [2.24, 2.45) is 0 Å². The Bertz CT molecular complexity index is 2300. The van der Waals surface area contributed by atoms with Gasteiger partial charge in [-0.1, -0.05) is 201 Å². The lowest BCUT2D eigenvalue weighted by Gasteiger charge is -2.43. The summed E-state index contributed by atoms with van der Waals surface area (Å²) in [5, 5.41) is 0. The van der Waals surface area contributed by atoms with E-state index in [1.807, 2.05) is 12.1 Å². The summed E-state index contributed by atoms with van der Waals surface area (Å²) in [5.74, 6) is 0.856. The summed E-state index contributed by atoms with van der Waals surface area (Å²) in [6.45, 7) is 12.9. The highest BCUT2D eigenvalue weighted by molar-refractivity contribution is 7.11. The van der Waals surface area contributed by atoms with Crippen LogP contribution in [-0.2, 0) is 0 Å². The molecule has 0 bridgehead atoms. The van der Waals surface area contributed by atoms with E-state index in [2.05, 4.69) is 233 Å². The molecule has 308 valence electrons. The van der Waals surface area contributed by atoms with Gasteiger partial charge >= 0.3 is 0 Å². The SMILES string of the molecule is CCCC[B-](c1ccccc1)(c1ccccc1)c1ccccc1.CC[N+](CC)=C1C=CC(=C(C=CC=C(c2ccc(C)cc2)c2ccc(C)cc2)c2ccc(OC)cc2)C=C1. The number of nitrogens with zero attached hydrogens (tertiary/aromatic N) is 1. The van der Waals surface area contributed by atoms with E-state index in [0.29, 0.717) is 0 Å². The van der Waals surface area contributed by atoms with Crippen molar-refractivity contribution in [2.45, 2.75) is 53.8 Å². The van der Waals surface area contributed by atoms with E-state index in [9.17, 15) is 0 Å². The molecule has 7 rings (SSSR count). The van der Waals surface area contributed by atoms with Gasteiger partial charge in [0.05, 0.1) is 13.3 Å². The van der Waals surface area contributed by atoms with Crippen LogP contribution in [0.4, 0.5) is 0 Å². The van der Waals surface area contributed by atoms with Gasteiger partial charge in [-0.2, -0.15) is 22.7 Å². The molecular formula is C58H62BNO. The predicted octanol–water partition coefficient (Wildman–Crippen LogP) is 12.3. The summed E-state index contributed by atoms with van der Waals surface area (Å²) in [7, 11) is 1.70. The molecule has 0 amide bonds. The normalized spacial score (nSPS) is 12.2. The second kappa shape index (κ2) is 22.2. The summed E-state index contributed by atoms with van der Waals surface area (Å²) in [5.41, 5.74) is 15.2. The lowest BCUT2D eigenvalue weighted by molar-refractivity contribution is -0.519. The smallest absolute Gasteiger partial charge is 0.199 e. The zero-order chi connectivity index (χ0) is 42.9. The summed E-state index contributed by atoms with van der Waals surface area (Å²) in [4.78, 5) is 0. The van der Waals surface area contributed by atoms with Crippen molar-refractivity contribution in [3.63, 3.8) is 0 Å². The summed E-state index contributed by atoms with van der Waals surface area (Å²) in [6, 6.07) is 59.0. The van der Waals surface area contributed by atoms with Crippen molar-refractivity contribution >= 4 is 39.4 Å². The van der Waals surface area contributed by atoms with Gasteiger partial charge in [-0.15, -0.1) is 0 Å². The number of methoxy groups -OCH3 is 1. The van der Waals surface area contributed by atoms with Gasteiger partial charge in [-0.3, -0.25) is 0 Å². The minimum absolute atomic E-state index is 0.856. The zero-order valence-electron chi connectivity index (χ0n) is 37.1. The average molecular weight is 800 g/mol. The van der Waals surface area contributed by atoms with Gasteiger partial charge in [-0.05, 0) is 85.4 Å². The van der Waals surface area contributed by atoms with Crippen LogP contribution in [0.1, 0.15) is 61.4 Å². The van der Waals surface area contributed by atoms with Gasteiger partial charge in [0, 0.05) is 12.2 Å². The number of allylic oxidation sites excluding steroid dienone is 9. The Morgan fingerprint density at radius 2 is 0.984 bits per heavy atom. The second-order valence-electron chi connectivity index (χ2n) is 16.0. The Morgan fingerprint density at radius 3 is 1.39 bits per heavy atom. The highest BCUT2D eigenvalue weighted by atomic mass is 16.5. The number of ether oxygens (including phenoxy) is 1. The molecule has 0 atom stereocenters. The van der Waals surface area contributed by atoms with Crippen LogP contribution in [0.15, 0.2) is 212 Å². The minimum Gasteiger partial charge on any atom is -0.497 e. The fourth-order valence-electron chi connectivity index (χ4n) is 8.57. The Balaban J connectivity index is 0.000000230. The maximum atomic E-state index is 5.41. The molecule has 1 aliphatic rings. The Morgan fingerprint density at radius 1 is 0.541 bits per heavy atom. The monoisotopic (exact) mass is 799 g/mol. The molecule has 0 N–H and O–H groups in total. The van der Waals surface area contributed by atoms with Crippen LogP contribution in [0.25, 0.3) is 11.1 Å². The molecule has 6 aromatic carbocycles. The molecule has 0 unspecified atom stereocenters. The first-order valence-electron chi connectivity index (χ1n) is 22.1. The quantitative estimate of drug-likeness (QED) is 0.0607. The molecule has 0 aromatic heterocycles. The van der Waals surface area contributed by atoms with E-state index in [-0.39, 0.29) is 0 Å². The first-order chi connectivity index (χ1) is 29.9. The molecule has 0 heterocycles. The highest BCUT2D eigenvalue weighted by Crippen LogP contribution is 2.28. The summed E-state index contributed by atoms with van der Waals surface area (Å²) >= 11 is 0. The molecular weight excluding hydrogens is 737 g/mol. The van der Waals surface area contributed by atoms with E-state index in [4.69, 9.17) is 4.74 Å². The van der Waals surface area contributed by atoms with Gasteiger partial charge in [0.15, 0.2) is 5.71 Å². The Kier molecular flexibility index (Phi) is 16.1. The molecule has 3 heteroatoms. The molecule has 0 saturated carbocycles. The predicted molar refractivity (Wildman–Crippen MR) is 267 cm³/mol. The van der Waals surface area contributed by atoms with Gasteiger partial charge in [-0.25, -0.2) is 4.58 Å². The fraction of sp³-hybridized carbons (Fsp3) is 0.190. The summed E-state index contributed by atoms with van der Waals surface area (Å²) < 4.78 is 7.77. The number of hydrogen-bond donors (Lipinski definition) is 0. The number of hydrogen-bond acceptors (Lipinski definition) is 1. The average Bonchev–Trinajstić information content (AvgIpc) is 3.32. The number of rotatable bonds is 14. The Labute approximate surface area is 366 Å². The van der Waals surface area contributed by atoms with Gasteiger partial charge in [0.2, 0.25) is 0 Å². The van der Waals surface area contributed by atoms with E-state index >= 15 is 0 Å². The molecule has 0 radical (unpaired) electrons. The second-order valence-corrected chi connectivity index (χ2v) is 16.0. The van der Waals surface area contributed by atoms with Gasteiger partial charge < -0.3 is 4.74 Å². The third kappa shape index (κ3) is 11.2. The maximum absolute atomic E-state index is 5.41. The van der Waals surface area contributed by atoms with Crippen LogP contribution in [0.3, 0.4) is 0 Å². The molecule has 1 aliphatic carbocycles. The van der Waals surface area contributed by atoms with Gasteiger partial charge in [0.25, 0.3) is 0 Å². The molecule has 0 aliphatic heterocycles. The van der Waals surface area contributed by atoms with E-state index < -0.39 is 6.15 Å². The topological polar surface area (TPSA) is 12.2 Å². The largest absolute Gasteiger partial charge is 0.497 e. The van der Waals surface area contributed by atoms with Crippen LogP contribution in [0.5, 0.6) is 5.75 Å². The zero-order valence-corrected chi connectivity index (χ0v) is 37.1. The Hall–Kier alpha value is -6.45. The molecule has 0 fully saturated rings. The number of benzene rings is 6. The third-order valence-corrected chi connectivity index (χ3v) is 12.1. The molecule has 2 nitrogen and oxygen atoms in total. The van der Waals surface area contributed by atoms with Crippen molar-refractivity contribution < 1.29 is 9.31 Å². The van der Waals surface area contributed by atoms with Crippen molar-refractivity contribution in [2.75, 3.05) is 20.2 Å². The first-order valence-corrected chi connectivity index (χ1v) is 22.1. The van der Waals surface area contributed by atoms with Crippen LogP contribution in [-0.4, -0.2) is 36.6 Å². The molecule has 0 spiro atoms. The third-order valence-electron chi connectivity index (χ3n) is 12.1. The van der Waals surface area contributed by atoms with Crippen LogP contribution < -0.4 is 21.1 Å². The van der Waals surface area contributed by atoms with Crippen molar-refractivity contribution in [3.05, 3.63) is 240 Å². The summed E-state index contributed by atoms with van der Waals surface area (Å²) in [6.07, 6.45) is 18.2.